The minimum absolute atomic E-state index is 0.0991. The molecule has 23 heavy (non-hydrogen) atoms. The number of nitrogens with zero attached hydrogens (tertiary/aromatic N) is 1. The third kappa shape index (κ3) is 4.86. The topological polar surface area (TPSA) is 58.6 Å². The van der Waals surface area contributed by atoms with Crippen LogP contribution in [0.2, 0.25) is 5.02 Å². The molecule has 1 aliphatic heterocycles. The van der Waals surface area contributed by atoms with Gasteiger partial charge in [0.25, 0.3) is 5.91 Å². The van der Waals surface area contributed by atoms with Crippen LogP contribution < -0.4 is 5.32 Å². The molecule has 5 nitrogen and oxygen atoms in total. The summed E-state index contributed by atoms with van der Waals surface area (Å²) in [4.78, 5) is 26.0. The number of aryl methyl sites for hydroxylation is 1. The van der Waals surface area contributed by atoms with Crippen LogP contribution in [0.15, 0.2) is 18.2 Å². The van der Waals surface area contributed by atoms with Crippen molar-refractivity contribution >= 4 is 23.6 Å². The maximum atomic E-state index is 12.5. The third-order valence-corrected chi connectivity index (χ3v) is 3.86. The molecular formula is C17H23ClN2O3. The Morgan fingerprint density at radius 2 is 2.04 bits per heavy atom. The van der Waals surface area contributed by atoms with Crippen LogP contribution in [0.25, 0.3) is 0 Å². The molecule has 0 aliphatic carbocycles. The molecule has 1 saturated heterocycles. The predicted molar refractivity (Wildman–Crippen MR) is 89.9 cm³/mol. The average molecular weight is 339 g/mol. The summed E-state index contributed by atoms with van der Waals surface area (Å²) in [7, 11) is 0. The van der Waals surface area contributed by atoms with Crippen LogP contribution in [0.1, 0.15) is 43.1 Å². The average Bonchev–Trinajstić information content (AvgIpc) is 2.84. The van der Waals surface area contributed by atoms with Gasteiger partial charge in [-0.25, -0.2) is 4.79 Å². The molecule has 2 amide bonds. The van der Waals surface area contributed by atoms with E-state index in [1.54, 1.807) is 17.0 Å². The summed E-state index contributed by atoms with van der Waals surface area (Å²) in [6.07, 6.45) is 0.249. The highest BCUT2D eigenvalue weighted by molar-refractivity contribution is 6.33. The van der Waals surface area contributed by atoms with E-state index in [-0.39, 0.29) is 11.9 Å². The molecular weight excluding hydrogens is 316 g/mol. The predicted octanol–water partition coefficient (Wildman–Crippen LogP) is 3.39. The number of likely N-dealkylation sites (tertiary alicyclic amines) is 1. The van der Waals surface area contributed by atoms with Gasteiger partial charge < -0.3 is 15.0 Å². The number of carbonyl (C=O) groups is 2. The minimum atomic E-state index is -0.534. The Kier molecular flexibility index (Phi) is 5.19. The second-order valence-electron chi connectivity index (χ2n) is 6.87. The molecule has 1 aliphatic rings. The number of ether oxygens (including phenoxy) is 1. The fraction of sp³-hybridized carbons (Fsp3) is 0.529. The van der Waals surface area contributed by atoms with Crippen molar-refractivity contribution in [2.75, 3.05) is 13.1 Å². The van der Waals surface area contributed by atoms with E-state index in [4.69, 9.17) is 16.3 Å². The molecule has 1 atom stereocenters. The van der Waals surface area contributed by atoms with Crippen molar-refractivity contribution in [2.24, 2.45) is 0 Å². The van der Waals surface area contributed by atoms with Crippen LogP contribution in [0.3, 0.4) is 0 Å². The third-order valence-electron chi connectivity index (χ3n) is 3.55. The number of nitrogens with one attached hydrogen (secondary N) is 1. The van der Waals surface area contributed by atoms with Gasteiger partial charge in [-0.05, 0) is 51.8 Å². The van der Waals surface area contributed by atoms with E-state index in [2.05, 4.69) is 5.32 Å². The number of amides is 2. The van der Waals surface area contributed by atoms with Crippen LogP contribution in [-0.4, -0.2) is 41.6 Å². The summed E-state index contributed by atoms with van der Waals surface area (Å²) < 4.78 is 5.24. The Balaban J connectivity index is 1.94. The Morgan fingerprint density at radius 3 is 2.65 bits per heavy atom. The van der Waals surface area contributed by atoms with E-state index in [1.807, 2.05) is 33.8 Å². The molecule has 6 heteroatoms. The van der Waals surface area contributed by atoms with Gasteiger partial charge in [-0.2, -0.15) is 0 Å². The zero-order valence-electron chi connectivity index (χ0n) is 14.0. The number of halogens is 1. The lowest BCUT2D eigenvalue weighted by Crippen LogP contribution is -2.41. The van der Waals surface area contributed by atoms with Crippen molar-refractivity contribution in [1.82, 2.24) is 10.2 Å². The lowest BCUT2D eigenvalue weighted by atomic mass is 10.1. The number of alkyl carbamates (subject to hydrolysis) is 1. The largest absolute Gasteiger partial charge is 0.444 e. The Bertz CT molecular complexity index is 610. The molecule has 0 saturated carbocycles. The van der Waals surface area contributed by atoms with Gasteiger partial charge in [-0.3, -0.25) is 4.79 Å². The molecule has 126 valence electrons. The zero-order chi connectivity index (χ0) is 17.2. The van der Waals surface area contributed by atoms with Crippen LogP contribution in [0, 0.1) is 6.92 Å². The number of hydrogen-bond donors (Lipinski definition) is 1. The standard InChI is InChI=1S/C17H23ClN2O3/c1-11-5-6-13(14(18)9-11)15(21)20-8-7-12(10-20)19-16(22)23-17(2,3)4/h5-6,9,12H,7-8,10H2,1-4H3,(H,19,22). The van der Waals surface area contributed by atoms with Crippen LogP contribution in [0.5, 0.6) is 0 Å². The van der Waals surface area contributed by atoms with E-state index in [0.29, 0.717) is 30.1 Å². The van der Waals surface area contributed by atoms with Crippen molar-refractivity contribution in [3.63, 3.8) is 0 Å². The van der Waals surface area contributed by atoms with Gasteiger partial charge in [-0.1, -0.05) is 17.7 Å². The highest BCUT2D eigenvalue weighted by atomic mass is 35.5. The van der Waals surface area contributed by atoms with Gasteiger partial charge in [0.15, 0.2) is 0 Å². The van der Waals surface area contributed by atoms with E-state index < -0.39 is 11.7 Å². The van der Waals surface area contributed by atoms with Gasteiger partial charge in [0.05, 0.1) is 16.6 Å². The Morgan fingerprint density at radius 1 is 1.35 bits per heavy atom. The van der Waals surface area contributed by atoms with Gasteiger partial charge in [0.1, 0.15) is 5.60 Å². The fourth-order valence-electron chi connectivity index (χ4n) is 2.50. The van der Waals surface area contributed by atoms with Crippen molar-refractivity contribution in [1.29, 1.82) is 0 Å². The highest BCUT2D eigenvalue weighted by Crippen LogP contribution is 2.22. The molecule has 1 unspecified atom stereocenters. The second kappa shape index (κ2) is 6.79. The van der Waals surface area contributed by atoms with Crippen molar-refractivity contribution in [2.45, 2.75) is 45.8 Å². The van der Waals surface area contributed by atoms with Gasteiger partial charge in [0, 0.05) is 13.1 Å². The molecule has 2 rings (SSSR count). The lowest BCUT2D eigenvalue weighted by molar-refractivity contribution is 0.0502. The normalized spacial score (nSPS) is 18.0. The molecule has 0 bridgehead atoms. The van der Waals surface area contributed by atoms with Crippen molar-refractivity contribution in [3.8, 4) is 0 Å². The summed E-state index contributed by atoms with van der Waals surface area (Å²) in [5.41, 5.74) is 0.973. The number of benzene rings is 1. The summed E-state index contributed by atoms with van der Waals surface area (Å²) in [6, 6.07) is 5.29. The smallest absolute Gasteiger partial charge is 0.407 e. The number of hydrogen-bond acceptors (Lipinski definition) is 3. The van der Waals surface area contributed by atoms with E-state index in [1.165, 1.54) is 0 Å². The quantitative estimate of drug-likeness (QED) is 0.899. The van der Waals surface area contributed by atoms with Crippen LogP contribution >= 0.6 is 11.6 Å². The number of carbonyl (C=O) groups excluding carboxylic acids is 2. The van der Waals surface area contributed by atoms with Gasteiger partial charge in [0.2, 0.25) is 0 Å². The van der Waals surface area contributed by atoms with Gasteiger partial charge in [-0.15, -0.1) is 0 Å². The summed E-state index contributed by atoms with van der Waals surface area (Å²) >= 11 is 6.16. The first kappa shape index (κ1) is 17.6. The van der Waals surface area contributed by atoms with Crippen LogP contribution in [0.4, 0.5) is 4.79 Å². The molecule has 1 aromatic carbocycles. The Labute approximate surface area is 141 Å². The highest BCUT2D eigenvalue weighted by Gasteiger charge is 2.30. The molecule has 0 radical (unpaired) electrons. The van der Waals surface area contributed by atoms with Crippen molar-refractivity contribution in [3.05, 3.63) is 34.3 Å². The van der Waals surface area contributed by atoms with Crippen molar-refractivity contribution < 1.29 is 14.3 Å². The SMILES string of the molecule is Cc1ccc(C(=O)N2CCC(NC(=O)OC(C)(C)C)C2)c(Cl)c1. The summed E-state index contributed by atoms with van der Waals surface area (Å²) in [5.74, 6) is -0.108. The number of rotatable bonds is 2. The minimum Gasteiger partial charge on any atom is -0.444 e. The first-order chi connectivity index (χ1) is 10.7. The zero-order valence-corrected chi connectivity index (χ0v) is 14.7. The Hall–Kier alpha value is -1.75. The van der Waals surface area contributed by atoms with Gasteiger partial charge >= 0.3 is 6.09 Å². The van der Waals surface area contributed by atoms with E-state index in [9.17, 15) is 9.59 Å². The van der Waals surface area contributed by atoms with Crippen LogP contribution in [-0.2, 0) is 4.74 Å². The molecule has 0 aromatic heterocycles. The summed E-state index contributed by atoms with van der Waals surface area (Å²) in [5, 5.41) is 3.26. The lowest BCUT2D eigenvalue weighted by Gasteiger charge is -2.22. The monoisotopic (exact) mass is 338 g/mol. The summed E-state index contributed by atoms with van der Waals surface area (Å²) in [6.45, 7) is 8.42. The second-order valence-corrected chi connectivity index (χ2v) is 7.27. The van der Waals surface area contributed by atoms with E-state index in [0.717, 1.165) is 5.56 Å². The molecule has 0 spiro atoms. The maximum Gasteiger partial charge on any atom is 0.407 e. The first-order valence-electron chi connectivity index (χ1n) is 7.70. The molecule has 1 fully saturated rings. The molecule has 1 N–H and O–H groups in total. The maximum absolute atomic E-state index is 12.5. The van der Waals surface area contributed by atoms with E-state index >= 15 is 0 Å². The fourth-order valence-corrected chi connectivity index (χ4v) is 2.82. The molecule has 1 heterocycles. The first-order valence-corrected chi connectivity index (χ1v) is 8.08. The molecule has 1 aromatic rings.